The Labute approximate surface area is 139 Å². The van der Waals surface area contributed by atoms with E-state index in [1.54, 1.807) is 24.3 Å². The summed E-state index contributed by atoms with van der Waals surface area (Å²) in [5.74, 6) is 0.298. The molecule has 1 saturated heterocycles. The Kier molecular flexibility index (Phi) is 2.95. The van der Waals surface area contributed by atoms with Gasteiger partial charge in [-0.1, -0.05) is 0 Å². The normalized spacial score (nSPS) is 22.0. The van der Waals surface area contributed by atoms with Gasteiger partial charge in [0.05, 0.1) is 27.9 Å². The lowest BCUT2D eigenvalue weighted by atomic mass is 9.86. The number of rotatable bonds is 3. The van der Waals surface area contributed by atoms with E-state index in [9.17, 15) is 0 Å². The Morgan fingerprint density at radius 3 is 2.36 bits per heavy atom. The fourth-order valence-electron chi connectivity index (χ4n) is 2.16. The molecule has 0 spiro atoms. The Hall–Kier alpha value is -1.37. The molecule has 0 atom stereocenters. The van der Waals surface area contributed by atoms with Crippen molar-refractivity contribution in [3.63, 3.8) is 0 Å². The summed E-state index contributed by atoms with van der Waals surface area (Å²) >= 11 is 1.49. The van der Waals surface area contributed by atoms with E-state index >= 15 is 0 Å². The molecule has 4 nitrogen and oxygen atoms in total. The third-order valence-electron chi connectivity index (χ3n) is 4.24. The molecule has 22 heavy (non-hydrogen) atoms. The van der Waals surface area contributed by atoms with E-state index < -0.39 is 25.4 Å². The lowest BCUT2D eigenvalue weighted by Crippen LogP contribution is -2.41. The molecule has 2 heterocycles. The van der Waals surface area contributed by atoms with E-state index in [2.05, 4.69) is 4.98 Å². The van der Waals surface area contributed by atoms with Crippen LogP contribution in [0.25, 0.3) is 10.6 Å². The molecule has 0 bridgehead atoms. The van der Waals surface area contributed by atoms with E-state index in [1.807, 2.05) is 33.1 Å². The monoisotopic (exact) mass is 320 g/mol. The molecule has 6 heteroatoms. The highest BCUT2D eigenvalue weighted by Gasteiger charge is 2.52. The highest BCUT2D eigenvalue weighted by Crippen LogP contribution is 2.36. The van der Waals surface area contributed by atoms with Gasteiger partial charge in [-0.2, -0.15) is 0 Å². The van der Waals surface area contributed by atoms with Gasteiger partial charge in [0.2, 0.25) is 0 Å². The third kappa shape index (κ3) is 2.66. The summed E-state index contributed by atoms with van der Waals surface area (Å²) in [7, 11) is -2.94. The number of aromatic nitrogens is 1. The van der Waals surface area contributed by atoms with Crippen LogP contribution >= 0.6 is 11.3 Å². The minimum absolute atomic E-state index is 0.298. The maximum absolute atomic E-state index is 7.12. The average Bonchev–Trinajstić information content (AvgIpc) is 3.01. The van der Waals surface area contributed by atoms with Crippen molar-refractivity contribution in [2.45, 2.75) is 38.9 Å². The van der Waals surface area contributed by atoms with Crippen LogP contribution in [0, 0.1) is 0 Å². The number of benzene rings is 1. The summed E-state index contributed by atoms with van der Waals surface area (Å²) in [5.41, 5.74) is 0.804. The Morgan fingerprint density at radius 1 is 1.14 bits per heavy atom. The van der Waals surface area contributed by atoms with Gasteiger partial charge in [0.25, 0.3) is 0 Å². The van der Waals surface area contributed by atoms with Crippen molar-refractivity contribution in [3.8, 4) is 16.3 Å². The van der Waals surface area contributed by atoms with Gasteiger partial charge in [-0.15, -0.1) is 11.3 Å². The van der Waals surface area contributed by atoms with Crippen LogP contribution in [0.2, 0.25) is 0 Å². The van der Waals surface area contributed by atoms with Crippen LogP contribution in [0.1, 0.15) is 31.8 Å². The first-order valence-corrected chi connectivity index (χ1v) is 7.95. The van der Waals surface area contributed by atoms with E-state index in [0.29, 0.717) is 5.75 Å². The molecule has 0 saturated carbocycles. The fraction of sp³-hybridized carbons (Fsp3) is 0.438. The molecule has 0 N–H and O–H groups in total. The number of hydrogen-bond donors (Lipinski definition) is 0. The van der Waals surface area contributed by atoms with Gasteiger partial charge < -0.3 is 14.0 Å². The largest absolute Gasteiger partial charge is 0.515 e. The topological polar surface area (TPSA) is 40.6 Å². The summed E-state index contributed by atoms with van der Waals surface area (Å²) in [6, 6.07) is 6.82. The van der Waals surface area contributed by atoms with Gasteiger partial charge in [0.15, 0.2) is 0 Å². The second kappa shape index (κ2) is 5.37. The Morgan fingerprint density at radius 2 is 1.77 bits per heavy atom. The van der Waals surface area contributed by atoms with Crippen LogP contribution in [-0.2, 0) is 9.31 Å². The minimum Gasteiger partial charge on any atom is -0.497 e. The van der Waals surface area contributed by atoms with Crippen molar-refractivity contribution < 1.29 is 18.2 Å². The van der Waals surface area contributed by atoms with Crippen LogP contribution < -0.4 is 10.3 Å². The SMILES string of the molecule is [2H]C([2H])([2H])Oc1ccc(-c2nc(B3OC(C)(C)C(C)(C)O3)cs2)cc1. The molecule has 1 aromatic carbocycles. The fourth-order valence-corrected chi connectivity index (χ4v) is 2.98. The maximum atomic E-state index is 7.12. The second-order valence-corrected chi connectivity index (χ2v) is 7.15. The molecule has 1 aliphatic rings. The van der Waals surface area contributed by atoms with Gasteiger partial charge in [-0.3, -0.25) is 0 Å². The lowest BCUT2D eigenvalue weighted by Gasteiger charge is -2.32. The zero-order chi connectivity index (χ0) is 18.5. The third-order valence-corrected chi connectivity index (χ3v) is 5.15. The number of ether oxygens (including phenoxy) is 1. The van der Waals surface area contributed by atoms with Gasteiger partial charge in [0.1, 0.15) is 10.8 Å². The first-order valence-electron chi connectivity index (χ1n) is 8.57. The quantitative estimate of drug-likeness (QED) is 0.815. The van der Waals surface area contributed by atoms with Crippen molar-refractivity contribution in [3.05, 3.63) is 29.6 Å². The zero-order valence-electron chi connectivity index (χ0n) is 16.0. The number of methoxy groups -OCH3 is 1. The Balaban J connectivity index is 1.76. The average molecular weight is 320 g/mol. The van der Waals surface area contributed by atoms with Gasteiger partial charge in [0, 0.05) is 10.9 Å². The minimum atomic E-state index is -2.45. The van der Waals surface area contributed by atoms with E-state index in [1.165, 1.54) is 11.3 Å². The van der Waals surface area contributed by atoms with Crippen LogP contribution in [0.3, 0.4) is 0 Å². The summed E-state index contributed by atoms with van der Waals surface area (Å²) < 4.78 is 38.3. The highest BCUT2D eigenvalue weighted by atomic mass is 32.1. The van der Waals surface area contributed by atoms with E-state index in [-0.39, 0.29) is 0 Å². The summed E-state index contributed by atoms with van der Waals surface area (Å²) in [6.45, 7) is 8.02. The molecular formula is C16H20BNO3S. The molecule has 3 rings (SSSR count). The van der Waals surface area contributed by atoms with Crippen molar-refractivity contribution >= 4 is 24.0 Å². The van der Waals surface area contributed by atoms with Crippen LogP contribution in [-0.4, -0.2) is 30.3 Å². The van der Waals surface area contributed by atoms with E-state index in [4.69, 9.17) is 18.2 Å². The molecular weight excluding hydrogens is 297 g/mol. The molecule has 1 fully saturated rings. The van der Waals surface area contributed by atoms with Crippen molar-refractivity contribution in [1.82, 2.24) is 4.98 Å². The van der Waals surface area contributed by atoms with Crippen LogP contribution in [0.15, 0.2) is 29.6 Å². The maximum Gasteiger partial charge on any atom is 0.515 e. The first kappa shape index (κ1) is 12.1. The van der Waals surface area contributed by atoms with Crippen molar-refractivity contribution in [1.29, 1.82) is 0 Å². The molecule has 0 aliphatic carbocycles. The second-order valence-electron chi connectivity index (χ2n) is 6.29. The summed E-state index contributed by atoms with van der Waals surface area (Å²) in [6.07, 6.45) is 0. The first-order chi connectivity index (χ1) is 11.5. The summed E-state index contributed by atoms with van der Waals surface area (Å²) in [4.78, 5) is 4.61. The molecule has 2 aromatic rings. The number of nitrogens with zero attached hydrogens (tertiary/aromatic N) is 1. The van der Waals surface area contributed by atoms with Crippen molar-refractivity contribution in [2.24, 2.45) is 0 Å². The zero-order valence-corrected chi connectivity index (χ0v) is 13.9. The van der Waals surface area contributed by atoms with Crippen molar-refractivity contribution in [2.75, 3.05) is 7.04 Å². The lowest BCUT2D eigenvalue weighted by molar-refractivity contribution is 0.00578. The van der Waals surface area contributed by atoms with Gasteiger partial charge in [-0.05, 0) is 52.0 Å². The highest BCUT2D eigenvalue weighted by molar-refractivity contribution is 7.14. The van der Waals surface area contributed by atoms with Gasteiger partial charge >= 0.3 is 7.12 Å². The smallest absolute Gasteiger partial charge is 0.497 e. The number of hydrogen-bond acceptors (Lipinski definition) is 5. The van der Waals surface area contributed by atoms with Crippen LogP contribution in [0.4, 0.5) is 0 Å². The summed E-state index contributed by atoms with van der Waals surface area (Å²) in [5, 5.41) is 2.73. The standard InChI is InChI=1S/C16H20BNO3S/c1-15(2)16(3,4)21-17(20-15)13-10-22-14(18-13)11-6-8-12(19-5)9-7-11/h6-10H,1-5H3/i5D3. The molecule has 116 valence electrons. The predicted molar refractivity (Wildman–Crippen MR) is 89.8 cm³/mol. The molecule has 0 unspecified atom stereocenters. The molecule has 0 amide bonds. The molecule has 1 aliphatic heterocycles. The van der Waals surface area contributed by atoms with Crippen LogP contribution in [0.5, 0.6) is 5.75 Å². The van der Waals surface area contributed by atoms with E-state index in [0.717, 1.165) is 16.2 Å². The molecule has 0 radical (unpaired) electrons. The van der Waals surface area contributed by atoms with Gasteiger partial charge in [-0.25, -0.2) is 4.98 Å². The predicted octanol–water partition coefficient (Wildman–Crippen LogP) is 3.12. The molecule has 1 aromatic heterocycles. The Bertz CT molecular complexity index is 743. The number of thiazole rings is 1.